The number of piperidine rings is 1. The van der Waals surface area contributed by atoms with Gasteiger partial charge in [-0.1, -0.05) is 0 Å². The van der Waals surface area contributed by atoms with Crippen molar-refractivity contribution in [1.82, 2.24) is 4.31 Å². The lowest BCUT2D eigenvalue weighted by atomic mass is 10.0. The number of sulfonamides is 1. The van der Waals surface area contributed by atoms with Crippen LogP contribution in [0.2, 0.25) is 0 Å². The summed E-state index contributed by atoms with van der Waals surface area (Å²) >= 11 is 0. The molecule has 7 nitrogen and oxygen atoms in total. The second kappa shape index (κ2) is 6.27. The van der Waals surface area contributed by atoms with Crippen molar-refractivity contribution in [3.63, 3.8) is 0 Å². The van der Waals surface area contributed by atoms with Crippen LogP contribution in [0.15, 0.2) is 17.0 Å². The lowest BCUT2D eigenvalue weighted by molar-refractivity contribution is 0.0401. The van der Waals surface area contributed by atoms with Crippen LogP contribution >= 0.6 is 0 Å². The Bertz CT molecular complexity index is 691. The molecule has 2 unspecified atom stereocenters. The number of fused-ring (bicyclic) bond motifs is 1. The van der Waals surface area contributed by atoms with Crippen molar-refractivity contribution in [3.05, 3.63) is 17.7 Å². The van der Waals surface area contributed by atoms with Gasteiger partial charge < -0.3 is 19.9 Å². The molecule has 0 amide bonds. The van der Waals surface area contributed by atoms with Gasteiger partial charge in [-0.15, -0.1) is 0 Å². The molecule has 2 aliphatic heterocycles. The van der Waals surface area contributed by atoms with Gasteiger partial charge in [-0.05, 0) is 31.4 Å². The second-order valence-corrected chi connectivity index (χ2v) is 7.72. The summed E-state index contributed by atoms with van der Waals surface area (Å²) in [4.78, 5) is 0.246. The number of nitrogens with two attached hydrogens (primary N) is 1. The first-order valence-corrected chi connectivity index (χ1v) is 9.06. The Morgan fingerprint density at radius 1 is 1.35 bits per heavy atom. The fraction of sp³-hybridized carbons (Fsp3) is 0.600. The van der Waals surface area contributed by atoms with Gasteiger partial charge in [-0.2, -0.15) is 4.31 Å². The highest BCUT2D eigenvalue weighted by Crippen LogP contribution is 2.38. The van der Waals surface area contributed by atoms with Gasteiger partial charge in [0.15, 0.2) is 11.5 Å². The maximum atomic E-state index is 13.1. The summed E-state index contributed by atoms with van der Waals surface area (Å²) in [5.74, 6) is 1.04. The number of aryl methyl sites for hydroxylation is 1. The molecule has 2 aliphatic rings. The molecule has 2 atom stereocenters. The molecular formula is C15H22N2O5S. The monoisotopic (exact) mass is 342 g/mol. The summed E-state index contributed by atoms with van der Waals surface area (Å²) in [6.45, 7) is 2.54. The topological polar surface area (TPSA) is 91.1 Å². The van der Waals surface area contributed by atoms with E-state index in [9.17, 15) is 8.42 Å². The summed E-state index contributed by atoms with van der Waals surface area (Å²) in [7, 11) is -2.00. The van der Waals surface area contributed by atoms with E-state index in [4.69, 9.17) is 19.9 Å². The standard InChI is InChI=1S/C15H22N2O5S/c1-10-5-13-14(22-9-21-13)7-15(10)23(18,19)17-4-3-12(20-2)6-11(17)8-16/h5,7,11-12H,3-4,6,8-9,16H2,1-2H3. The van der Waals surface area contributed by atoms with E-state index in [2.05, 4.69) is 0 Å². The zero-order valence-electron chi connectivity index (χ0n) is 13.3. The fourth-order valence-electron chi connectivity index (χ4n) is 3.17. The van der Waals surface area contributed by atoms with E-state index < -0.39 is 10.0 Å². The minimum absolute atomic E-state index is 0.0489. The summed E-state index contributed by atoms with van der Waals surface area (Å²) in [6.07, 6.45) is 1.32. The van der Waals surface area contributed by atoms with E-state index in [1.165, 1.54) is 4.31 Å². The summed E-state index contributed by atoms with van der Waals surface area (Å²) in [5, 5.41) is 0. The van der Waals surface area contributed by atoms with Gasteiger partial charge >= 0.3 is 0 Å². The molecule has 2 N–H and O–H groups in total. The molecule has 0 aliphatic carbocycles. The average molecular weight is 342 g/mol. The lowest BCUT2D eigenvalue weighted by Crippen LogP contribution is -2.51. The van der Waals surface area contributed by atoms with Crippen LogP contribution in [0, 0.1) is 6.92 Å². The Balaban J connectivity index is 1.95. The van der Waals surface area contributed by atoms with Crippen molar-refractivity contribution in [2.75, 3.05) is 27.0 Å². The highest BCUT2D eigenvalue weighted by molar-refractivity contribution is 7.89. The van der Waals surface area contributed by atoms with Crippen molar-refractivity contribution in [3.8, 4) is 11.5 Å². The van der Waals surface area contributed by atoms with Crippen LogP contribution in [0.5, 0.6) is 11.5 Å². The van der Waals surface area contributed by atoms with E-state index in [1.54, 1.807) is 26.2 Å². The maximum Gasteiger partial charge on any atom is 0.243 e. The van der Waals surface area contributed by atoms with E-state index >= 15 is 0 Å². The van der Waals surface area contributed by atoms with Crippen LogP contribution in [-0.2, 0) is 14.8 Å². The first kappa shape index (κ1) is 16.5. The number of benzene rings is 1. The number of hydrogen-bond donors (Lipinski definition) is 1. The molecule has 0 saturated carbocycles. The molecule has 1 saturated heterocycles. The molecule has 1 fully saturated rings. The van der Waals surface area contributed by atoms with Gasteiger partial charge in [0.25, 0.3) is 0 Å². The predicted molar refractivity (Wildman–Crippen MR) is 84.1 cm³/mol. The number of nitrogens with zero attached hydrogens (tertiary/aromatic N) is 1. The Kier molecular flexibility index (Phi) is 4.50. The summed E-state index contributed by atoms with van der Waals surface area (Å²) in [6, 6.07) is 2.99. The number of hydrogen-bond acceptors (Lipinski definition) is 6. The van der Waals surface area contributed by atoms with Gasteiger partial charge in [0.05, 0.1) is 11.0 Å². The highest BCUT2D eigenvalue weighted by Gasteiger charge is 2.37. The normalized spacial score (nSPS) is 24.8. The Morgan fingerprint density at radius 3 is 2.70 bits per heavy atom. The fourth-order valence-corrected chi connectivity index (χ4v) is 5.05. The molecule has 8 heteroatoms. The van der Waals surface area contributed by atoms with E-state index in [1.807, 2.05) is 0 Å². The Hall–Kier alpha value is -1.35. The van der Waals surface area contributed by atoms with Crippen molar-refractivity contribution in [1.29, 1.82) is 0 Å². The largest absolute Gasteiger partial charge is 0.454 e. The second-order valence-electron chi connectivity index (χ2n) is 5.86. The van der Waals surface area contributed by atoms with Crippen molar-refractivity contribution in [2.24, 2.45) is 5.73 Å². The minimum Gasteiger partial charge on any atom is -0.454 e. The van der Waals surface area contributed by atoms with E-state index in [-0.39, 0.29) is 30.4 Å². The quantitative estimate of drug-likeness (QED) is 0.872. The van der Waals surface area contributed by atoms with Crippen LogP contribution in [0.4, 0.5) is 0 Å². The van der Waals surface area contributed by atoms with Crippen LogP contribution in [0.1, 0.15) is 18.4 Å². The zero-order valence-corrected chi connectivity index (χ0v) is 14.1. The maximum absolute atomic E-state index is 13.1. The molecule has 23 heavy (non-hydrogen) atoms. The van der Waals surface area contributed by atoms with Crippen molar-refractivity contribution < 1.29 is 22.6 Å². The van der Waals surface area contributed by atoms with Crippen LogP contribution < -0.4 is 15.2 Å². The lowest BCUT2D eigenvalue weighted by Gasteiger charge is -2.37. The van der Waals surface area contributed by atoms with Gasteiger partial charge in [-0.3, -0.25) is 0 Å². The third kappa shape index (κ3) is 2.91. The van der Waals surface area contributed by atoms with E-state index in [0.717, 1.165) is 0 Å². The van der Waals surface area contributed by atoms with Crippen molar-refractivity contribution >= 4 is 10.0 Å². The molecule has 2 heterocycles. The molecule has 0 aromatic heterocycles. The average Bonchev–Trinajstić information content (AvgIpc) is 3.00. The van der Waals surface area contributed by atoms with Gasteiger partial charge in [0.1, 0.15) is 0 Å². The molecule has 3 rings (SSSR count). The molecule has 0 radical (unpaired) electrons. The van der Waals surface area contributed by atoms with Gasteiger partial charge in [-0.25, -0.2) is 8.42 Å². The Labute approximate surface area is 136 Å². The van der Waals surface area contributed by atoms with Crippen LogP contribution in [0.3, 0.4) is 0 Å². The van der Waals surface area contributed by atoms with Gasteiger partial charge in [0, 0.05) is 32.3 Å². The molecule has 128 valence electrons. The SMILES string of the molecule is COC1CCN(S(=O)(=O)c2cc3c(cc2C)OCO3)C(CN)C1. The molecule has 0 spiro atoms. The highest BCUT2D eigenvalue weighted by atomic mass is 32.2. The van der Waals surface area contributed by atoms with Crippen molar-refractivity contribution in [2.45, 2.75) is 36.8 Å². The van der Waals surface area contributed by atoms with Crippen LogP contribution in [-0.4, -0.2) is 51.9 Å². The first-order chi connectivity index (χ1) is 11.0. The third-order valence-corrected chi connectivity index (χ3v) is 6.57. The smallest absolute Gasteiger partial charge is 0.243 e. The number of methoxy groups -OCH3 is 1. The summed E-state index contributed by atoms with van der Waals surface area (Å²) < 4.78 is 43.7. The first-order valence-electron chi connectivity index (χ1n) is 7.62. The summed E-state index contributed by atoms with van der Waals surface area (Å²) in [5.41, 5.74) is 6.45. The number of ether oxygens (including phenoxy) is 3. The van der Waals surface area contributed by atoms with Crippen LogP contribution in [0.25, 0.3) is 0 Å². The minimum atomic E-state index is -3.64. The third-order valence-electron chi connectivity index (χ3n) is 4.48. The van der Waals surface area contributed by atoms with Gasteiger partial charge in [0.2, 0.25) is 16.8 Å². The predicted octanol–water partition coefficient (Wildman–Crippen LogP) is 0.851. The molecule has 1 aromatic carbocycles. The van der Waals surface area contributed by atoms with E-state index in [0.29, 0.717) is 36.4 Å². The number of rotatable bonds is 4. The Morgan fingerprint density at radius 2 is 2.04 bits per heavy atom. The molecule has 1 aromatic rings. The zero-order chi connectivity index (χ0) is 16.6. The molecular weight excluding hydrogens is 320 g/mol. The molecule has 0 bridgehead atoms.